The van der Waals surface area contributed by atoms with Crippen molar-refractivity contribution in [1.82, 2.24) is 14.6 Å². The highest BCUT2D eigenvalue weighted by atomic mass is 16.3. The molecule has 0 saturated carbocycles. The molecule has 0 fully saturated rings. The summed E-state index contributed by atoms with van der Waals surface area (Å²) < 4.78 is 1.73. The van der Waals surface area contributed by atoms with Crippen LogP contribution in [-0.2, 0) is 6.42 Å². The van der Waals surface area contributed by atoms with Gasteiger partial charge in [0.15, 0.2) is 5.75 Å². The van der Waals surface area contributed by atoms with Crippen LogP contribution in [0.4, 0.5) is 0 Å². The second kappa shape index (κ2) is 3.63. The van der Waals surface area contributed by atoms with Crippen LogP contribution in [0, 0.1) is 0 Å². The Kier molecular flexibility index (Phi) is 2.32. The van der Waals surface area contributed by atoms with Gasteiger partial charge in [-0.25, -0.2) is 0 Å². The molecule has 2 aromatic heterocycles. The summed E-state index contributed by atoms with van der Waals surface area (Å²) in [6, 6.07) is 3.30. The Labute approximate surface area is 80.6 Å². The number of fused-ring (bicyclic) bond motifs is 1. The number of aryl methyl sites for hydroxylation is 1. The van der Waals surface area contributed by atoms with Gasteiger partial charge in [-0.2, -0.15) is 0 Å². The monoisotopic (exact) mass is 193 g/mol. The lowest BCUT2D eigenvalue weighted by Crippen LogP contribution is -1.96. The molecule has 0 bridgehead atoms. The summed E-state index contributed by atoms with van der Waals surface area (Å²) in [5.74, 6) is 0.875. The molecule has 0 radical (unpaired) electrons. The predicted molar refractivity (Wildman–Crippen MR) is 50.1 cm³/mol. The normalized spacial score (nSPS) is 10.9. The van der Waals surface area contributed by atoms with Gasteiger partial charge in [0.25, 0.3) is 0 Å². The Hall–Kier alpha value is -1.62. The smallest absolute Gasteiger partial charge is 0.203 e. The average Bonchev–Trinajstić information content (AvgIpc) is 2.60. The van der Waals surface area contributed by atoms with Gasteiger partial charge >= 0.3 is 0 Å². The second-order valence-electron chi connectivity index (χ2n) is 3.03. The van der Waals surface area contributed by atoms with Crippen molar-refractivity contribution in [2.75, 3.05) is 6.61 Å². The number of aliphatic hydroxyl groups is 1. The van der Waals surface area contributed by atoms with E-state index in [1.807, 2.05) is 0 Å². The molecule has 2 heterocycles. The van der Waals surface area contributed by atoms with Crippen molar-refractivity contribution in [3.8, 4) is 5.75 Å². The van der Waals surface area contributed by atoms with E-state index in [9.17, 15) is 5.11 Å². The zero-order valence-corrected chi connectivity index (χ0v) is 7.59. The largest absolute Gasteiger partial charge is 0.504 e. The van der Waals surface area contributed by atoms with Crippen molar-refractivity contribution < 1.29 is 10.2 Å². The summed E-state index contributed by atoms with van der Waals surface area (Å²) in [4.78, 5) is 0. The maximum atomic E-state index is 9.44. The highest BCUT2D eigenvalue weighted by Gasteiger charge is 2.07. The van der Waals surface area contributed by atoms with E-state index < -0.39 is 0 Å². The van der Waals surface area contributed by atoms with Gasteiger partial charge < -0.3 is 10.2 Å². The second-order valence-corrected chi connectivity index (χ2v) is 3.03. The number of aromatic nitrogens is 3. The number of aliphatic hydroxyl groups excluding tert-OH is 1. The van der Waals surface area contributed by atoms with Crippen molar-refractivity contribution in [2.24, 2.45) is 0 Å². The van der Waals surface area contributed by atoms with Crippen LogP contribution in [-0.4, -0.2) is 31.4 Å². The van der Waals surface area contributed by atoms with Gasteiger partial charge in [0, 0.05) is 19.2 Å². The molecule has 0 spiro atoms. The SMILES string of the molecule is OCCCc1nnc2c(O)cccn12. The third-order valence-corrected chi connectivity index (χ3v) is 2.04. The minimum atomic E-state index is 0.121. The van der Waals surface area contributed by atoms with Crippen LogP contribution < -0.4 is 0 Å². The summed E-state index contributed by atoms with van der Waals surface area (Å²) in [6.45, 7) is 0.133. The van der Waals surface area contributed by atoms with E-state index in [1.165, 1.54) is 0 Å². The molecule has 5 heteroatoms. The van der Waals surface area contributed by atoms with Gasteiger partial charge in [-0.05, 0) is 18.6 Å². The lowest BCUT2D eigenvalue weighted by Gasteiger charge is -1.98. The Morgan fingerprint density at radius 3 is 3.00 bits per heavy atom. The van der Waals surface area contributed by atoms with Gasteiger partial charge in [0.1, 0.15) is 5.82 Å². The number of hydrogen-bond acceptors (Lipinski definition) is 4. The topological polar surface area (TPSA) is 70.7 Å². The number of pyridine rings is 1. The molecule has 5 nitrogen and oxygen atoms in total. The molecular formula is C9H11N3O2. The Bertz CT molecular complexity index is 439. The molecule has 0 aliphatic carbocycles. The van der Waals surface area contributed by atoms with Crippen molar-refractivity contribution in [3.05, 3.63) is 24.2 Å². The molecule has 14 heavy (non-hydrogen) atoms. The zero-order valence-electron chi connectivity index (χ0n) is 7.59. The van der Waals surface area contributed by atoms with E-state index in [4.69, 9.17) is 5.11 Å². The van der Waals surface area contributed by atoms with Gasteiger partial charge in [0.2, 0.25) is 5.65 Å². The molecule has 0 unspecified atom stereocenters. The van der Waals surface area contributed by atoms with Crippen molar-refractivity contribution >= 4 is 5.65 Å². The van der Waals surface area contributed by atoms with Gasteiger partial charge in [0.05, 0.1) is 0 Å². The molecule has 2 aromatic rings. The van der Waals surface area contributed by atoms with Gasteiger partial charge in [-0.3, -0.25) is 4.40 Å². The molecule has 74 valence electrons. The fraction of sp³-hybridized carbons (Fsp3) is 0.333. The highest BCUT2D eigenvalue weighted by molar-refractivity contribution is 5.51. The summed E-state index contributed by atoms with van der Waals surface area (Å²) in [5.41, 5.74) is 0.459. The number of rotatable bonds is 3. The molecule has 0 amide bonds. The quantitative estimate of drug-likeness (QED) is 0.738. The number of nitrogens with zero attached hydrogens (tertiary/aromatic N) is 3. The molecule has 0 aliphatic rings. The third-order valence-electron chi connectivity index (χ3n) is 2.04. The fourth-order valence-electron chi connectivity index (χ4n) is 1.36. The fourth-order valence-corrected chi connectivity index (χ4v) is 1.36. The number of aromatic hydroxyl groups is 1. The van der Waals surface area contributed by atoms with Crippen LogP contribution in [0.5, 0.6) is 5.75 Å². The molecule has 0 saturated heterocycles. The van der Waals surface area contributed by atoms with Crippen LogP contribution in [0.25, 0.3) is 5.65 Å². The highest BCUT2D eigenvalue weighted by Crippen LogP contribution is 2.16. The molecule has 2 rings (SSSR count). The van der Waals surface area contributed by atoms with Crippen LogP contribution in [0.15, 0.2) is 18.3 Å². The molecule has 0 aliphatic heterocycles. The summed E-state index contributed by atoms with van der Waals surface area (Å²) in [5, 5.41) is 25.9. The maximum absolute atomic E-state index is 9.44. The van der Waals surface area contributed by atoms with E-state index in [2.05, 4.69) is 10.2 Å². The van der Waals surface area contributed by atoms with E-state index in [0.717, 1.165) is 5.82 Å². The van der Waals surface area contributed by atoms with E-state index in [-0.39, 0.29) is 12.4 Å². The molecule has 0 aromatic carbocycles. The molecular weight excluding hydrogens is 182 g/mol. The summed E-state index contributed by atoms with van der Waals surface area (Å²) in [6.07, 6.45) is 3.10. The Morgan fingerprint density at radius 2 is 2.21 bits per heavy atom. The van der Waals surface area contributed by atoms with Crippen LogP contribution in [0.1, 0.15) is 12.2 Å². The first-order chi connectivity index (χ1) is 6.83. The number of hydrogen-bond donors (Lipinski definition) is 2. The van der Waals surface area contributed by atoms with Crippen molar-refractivity contribution in [2.45, 2.75) is 12.8 Å². The zero-order chi connectivity index (χ0) is 9.97. The Morgan fingerprint density at radius 1 is 1.36 bits per heavy atom. The van der Waals surface area contributed by atoms with Crippen LogP contribution >= 0.6 is 0 Å². The minimum absolute atomic E-state index is 0.121. The van der Waals surface area contributed by atoms with E-state index in [1.54, 1.807) is 22.7 Å². The van der Waals surface area contributed by atoms with Gasteiger partial charge in [-0.15, -0.1) is 10.2 Å². The Balaban J connectivity index is 2.42. The van der Waals surface area contributed by atoms with Gasteiger partial charge in [-0.1, -0.05) is 0 Å². The maximum Gasteiger partial charge on any atom is 0.203 e. The average molecular weight is 193 g/mol. The lowest BCUT2D eigenvalue weighted by atomic mass is 10.3. The lowest BCUT2D eigenvalue weighted by molar-refractivity contribution is 0.287. The molecule has 0 atom stereocenters. The first-order valence-corrected chi connectivity index (χ1v) is 4.45. The molecule has 2 N–H and O–H groups in total. The minimum Gasteiger partial charge on any atom is -0.504 e. The van der Waals surface area contributed by atoms with Crippen molar-refractivity contribution in [1.29, 1.82) is 0 Å². The van der Waals surface area contributed by atoms with Crippen LogP contribution in [0.3, 0.4) is 0 Å². The summed E-state index contributed by atoms with van der Waals surface area (Å²) in [7, 11) is 0. The standard InChI is InChI=1S/C9H11N3O2/c13-6-2-4-8-10-11-9-7(14)3-1-5-12(8)9/h1,3,5,13-14H,2,4,6H2. The first-order valence-electron chi connectivity index (χ1n) is 4.45. The first kappa shape index (κ1) is 8.96. The van der Waals surface area contributed by atoms with Crippen molar-refractivity contribution in [3.63, 3.8) is 0 Å². The predicted octanol–water partition coefficient (Wildman–Crippen LogP) is 0.360. The van der Waals surface area contributed by atoms with E-state index >= 15 is 0 Å². The van der Waals surface area contributed by atoms with E-state index in [0.29, 0.717) is 18.5 Å². The van der Waals surface area contributed by atoms with Crippen LogP contribution in [0.2, 0.25) is 0 Å². The third kappa shape index (κ3) is 1.42. The summed E-state index contributed by atoms with van der Waals surface area (Å²) >= 11 is 0.